The molecule has 0 amide bonds. The first-order valence-corrected chi connectivity index (χ1v) is 7.37. The minimum Gasteiger partial charge on any atom is -0.383 e. The highest BCUT2D eigenvalue weighted by molar-refractivity contribution is 5.15. The maximum atomic E-state index is 3.83. The van der Waals surface area contributed by atoms with Crippen LogP contribution in [0.2, 0.25) is 0 Å². The molecule has 3 aliphatic rings. The van der Waals surface area contributed by atoms with Gasteiger partial charge in [-0.2, -0.15) is 0 Å². The quantitative estimate of drug-likeness (QED) is 0.800. The number of hydrogen-bond donors (Lipinski definition) is 2. The highest BCUT2D eigenvalue weighted by atomic mass is 15.0. The molecule has 4 unspecified atom stereocenters. The predicted octanol–water partition coefficient (Wildman–Crippen LogP) is 2.83. The van der Waals surface area contributed by atoms with Gasteiger partial charge in [0.05, 0.1) is 6.04 Å². The van der Waals surface area contributed by atoms with E-state index in [-0.39, 0.29) is 0 Å². The first-order valence-electron chi connectivity index (χ1n) is 7.37. The SMILES string of the molecule is CC1(C)C2CCC1(C)C(NCC1C=CC=CN1)C2. The monoisotopic (exact) mass is 246 g/mol. The third kappa shape index (κ3) is 1.65. The average molecular weight is 246 g/mol. The van der Waals surface area contributed by atoms with Crippen LogP contribution in [0.4, 0.5) is 0 Å². The van der Waals surface area contributed by atoms with Crippen LogP contribution in [-0.4, -0.2) is 18.6 Å². The van der Waals surface area contributed by atoms with Gasteiger partial charge in [0, 0.05) is 12.6 Å². The topological polar surface area (TPSA) is 24.1 Å². The highest BCUT2D eigenvalue weighted by Crippen LogP contribution is 2.65. The van der Waals surface area contributed by atoms with Crippen LogP contribution in [0.25, 0.3) is 0 Å². The molecule has 0 saturated heterocycles. The van der Waals surface area contributed by atoms with E-state index in [1.54, 1.807) is 0 Å². The van der Waals surface area contributed by atoms with Crippen molar-refractivity contribution >= 4 is 0 Å². The summed E-state index contributed by atoms with van der Waals surface area (Å²) in [6, 6.07) is 1.16. The van der Waals surface area contributed by atoms with Gasteiger partial charge >= 0.3 is 0 Å². The lowest BCUT2D eigenvalue weighted by Gasteiger charge is -2.40. The molecule has 2 nitrogen and oxygen atoms in total. The van der Waals surface area contributed by atoms with E-state index in [0.29, 0.717) is 22.9 Å². The van der Waals surface area contributed by atoms with E-state index in [1.165, 1.54) is 19.3 Å². The zero-order valence-electron chi connectivity index (χ0n) is 11.9. The number of nitrogens with one attached hydrogen (secondary N) is 2. The average Bonchev–Trinajstić information content (AvgIpc) is 2.70. The standard InChI is InChI=1S/C16H26N2/c1-15(2)12-7-8-16(15,3)14(10-12)18-11-13-6-4-5-9-17-13/h4-6,9,12-14,17-18H,7-8,10-11H2,1-3H3. The predicted molar refractivity (Wildman–Crippen MR) is 76.2 cm³/mol. The van der Waals surface area contributed by atoms with Crippen LogP contribution >= 0.6 is 0 Å². The van der Waals surface area contributed by atoms with Crippen LogP contribution in [0.3, 0.4) is 0 Å². The second-order valence-corrected chi connectivity index (χ2v) is 7.09. The Labute approximate surface area is 111 Å². The van der Waals surface area contributed by atoms with E-state index < -0.39 is 0 Å². The smallest absolute Gasteiger partial charge is 0.0566 e. The third-order valence-corrected chi connectivity index (χ3v) is 6.24. The van der Waals surface area contributed by atoms with Crippen LogP contribution in [0, 0.1) is 16.7 Å². The first-order chi connectivity index (χ1) is 8.54. The maximum Gasteiger partial charge on any atom is 0.0566 e. The number of dihydropyridines is 1. The maximum absolute atomic E-state index is 3.83. The molecule has 2 fully saturated rings. The van der Waals surface area contributed by atoms with Gasteiger partial charge in [0.2, 0.25) is 0 Å². The summed E-state index contributed by atoms with van der Waals surface area (Å²) in [5.74, 6) is 0.926. The minimum absolute atomic E-state index is 0.459. The minimum atomic E-state index is 0.459. The van der Waals surface area contributed by atoms with Crippen molar-refractivity contribution in [3.8, 4) is 0 Å². The molecule has 2 bridgehead atoms. The molecule has 0 spiro atoms. The van der Waals surface area contributed by atoms with Crippen molar-refractivity contribution in [1.29, 1.82) is 0 Å². The van der Waals surface area contributed by atoms with Crippen molar-refractivity contribution in [3.05, 3.63) is 24.4 Å². The molecule has 0 radical (unpaired) electrons. The van der Waals surface area contributed by atoms with Gasteiger partial charge in [0.15, 0.2) is 0 Å². The second-order valence-electron chi connectivity index (χ2n) is 7.09. The normalized spacial score (nSPS) is 44.3. The third-order valence-electron chi connectivity index (χ3n) is 6.24. The largest absolute Gasteiger partial charge is 0.383 e. The molecule has 2 heteroatoms. The Kier molecular flexibility index (Phi) is 2.81. The van der Waals surface area contributed by atoms with E-state index >= 15 is 0 Å². The zero-order valence-corrected chi connectivity index (χ0v) is 11.9. The highest BCUT2D eigenvalue weighted by Gasteiger charge is 2.60. The molecule has 2 N–H and O–H groups in total. The molecule has 0 aromatic rings. The van der Waals surface area contributed by atoms with Crippen molar-refractivity contribution in [3.63, 3.8) is 0 Å². The molecule has 1 heterocycles. The van der Waals surface area contributed by atoms with Crippen LogP contribution in [-0.2, 0) is 0 Å². The molecule has 2 saturated carbocycles. The van der Waals surface area contributed by atoms with Gasteiger partial charge in [-0.05, 0) is 48.3 Å². The Morgan fingerprint density at radius 2 is 2.11 bits per heavy atom. The summed E-state index contributed by atoms with van der Waals surface area (Å²) in [6.45, 7) is 8.51. The molecular weight excluding hydrogens is 220 g/mol. The van der Waals surface area contributed by atoms with Gasteiger partial charge in [0.1, 0.15) is 0 Å². The summed E-state index contributed by atoms with van der Waals surface area (Å²) in [7, 11) is 0. The molecule has 4 atom stereocenters. The van der Waals surface area contributed by atoms with Crippen LogP contribution in [0.15, 0.2) is 24.4 Å². The van der Waals surface area contributed by atoms with Gasteiger partial charge in [0.25, 0.3) is 0 Å². The lowest BCUT2D eigenvalue weighted by molar-refractivity contribution is 0.121. The molecule has 3 rings (SSSR count). The lowest BCUT2D eigenvalue weighted by Crippen LogP contribution is -2.48. The van der Waals surface area contributed by atoms with Crippen molar-refractivity contribution in [2.75, 3.05) is 6.54 Å². The van der Waals surface area contributed by atoms with Gasteiger partial charge in [-0.25, -0.2) is 0 Å². The summed E-state index contributed by atoms with van der Waals surface area (Å²) >= 11 is 0. The second kappa shape index (κ2) is 4.12. The Morgan fingerprint density at radius 1 is 1.28 bits per heavy atom. The van der Waals surface area contributed by atoms with Gasteiger partial charge in [-0.3, -0.25) is 0 Å². The van der Waals surface area contributed by atoms with Crippen LogP contribution in [0.5, 0.6) is 0 Å². The summed E-state index contributed by atoms with van der Waals surface area (Å²) < 4.78 is 0. The number of fused-ring (bicyclic) bond motifs is 2. The molecule has 1 aliphatic heterocycles. The molecule has 100 valence electrons. The van der Waals surface area contributed by atoms with E-state index in [2.05, 4.69) is 49.6 Å². The van der Waals surface area contributed by atoms with Gasteiger partial charge in [-0.1, -0.05) is 32.9 Å². The lowest BCUT2D eigenvalue weighted by atomic mass is 9.69. The number of allylic oxidation sites excluding steroid dienone is 2. The Balaban J connectivity index is 1.62. The van der Waals surface area contributed by atoms with Crippen molar-refractivity contribution in [2.45, 2.75) is 52.1 Å². The molecular formula is C16H26N2. The first kappa shape index (κ1) is 12.3. The summed E-state index contributed by atoms with van der Waals surface area (Å²) in [6.07, 6.45) is 12.7. The van der Waals surface area contributed by atoms with Crippen LogP contribution in [0.1, 0.15) is 40.0 Å². The number of rotatable bonds is 3. The van der Waals surface area contributed by atoms with Gasteiger partial charge < -0.3 is 10.6 Å². The zero-order chi connectivity index (χ0) is 12.8. The van der Waals surface area contributed by atoms with E-state index in [0.717, 1.165) is 12.5 Å². The summed E-state index contributed by atoms with van der Waals surface area (Å²) in [5.41, 5.74) is 1.01. The van der Waals surface area contributed by atoms with E-state index in [4.69, 9.17) is 0 Å². The fourth-order valence-electron chi connectivity index (χ4n) is 4.40. The molecule has 2 aliphatic carbocycles. The Hall–Kier alpha value is -0.760. The van der Waals surface area contributed by atoms with Crippen LogP contribution < -0.4 is 10.6 Å². The van der Waals surface area contributed by atoms with E-state index in [9.17, 15) is 0 Å². The molecule has 18 heavy (non-hydrogen) atoms. The molecule has 0 aromatic heterocycles. The van der Waals surface area contributed by atoms with Crippen molar-refractivity contribution < 1.29 is 0 Å². The fraction of sp³-hybridized carbons (Fsp3) is 0.750. The molecule has 0 aromatic carbocycles. The number of hydrogen-bond acceptors (Lipinski definition) is 2. The summed E-state index contributed by atoms with van der Waals surface area (Å²) in [4.78, 5) is 0. The van der Waals surface area contributed by atoms with E-state index in [1.807, 2.05) is 6.20 Å². The Bertz CT molecular complexity index is 383. The van der Waals surface area contributed by atoms with Crippen molar-refractivity contribution in [1.82, 2.24) is 10.6 Å². The van der Waals surface area contributed by atoms with Gasteiger partial charge in [-0.15, -0.1) is 0 Å². The Morgan fingerprint density at radius 3 is 2.67 bits per heavy atom. The summed E-state index contributed by atoms with van der Waals surface area (Å²) in [5, 5.41) is 7.22. The van der Waals surface area contributed by atoms with Crippen molar-refractivity contribution in [2.24, 2.45) is 16.7 Å². The fourth-order valence-corrected chi connectivity index (χ4v) is 4.40.